The first-order valence-electron chi connectivity index (χ1n) is 12.7. The predicted octanol–water partition coefficient (Wildman–Crippen LogP) is 7.13. The van der Waals surface area contributed by atoms with Gasteiger partial charge in [-0.3, -0.25) is 9.59 Å². The Balaban J connectivity index is 1.70. The fourth-order valence-corrected chi connectivity index (χ4v) is 5.15. The van der Waals surface area contributed by atoms with Crippen molar-refractivity contribution in [3.63, 3.8) is 0 Å². The van der Waals surface area contributed by atoms with Gasteiger partial charge in [0.25, 0.3) is 5.91 Å². The molecule has 0 unspecified atom stereocenters. The topological polar surface area (TPSA) is 55.2 Å². The highest BCUT2D eigenvalue weighted by molar-refractivity contribution is 6.14. The molecule has 5 nitrogen and oxygen atoms in total. The van der Waals surface area contributed by atoms with Crippen molar-refractivity contribution in [2.75, 3.05) is 4.90 Å². The zero-order valence-corrected chi connectivity index (χ0v) is 22.6. The largest absolute Gasteiger partial charge is 0.302 e. The summed E-state index contributed by atoms with van der Waals surface area (Å²) in [7, 11) is 0. The maximum absolute atomic E-state index is 14.1. The molecule has 0 saturated carbocycles. The lowest BCUT2D eigenvalue weighted by Crippen LogP contribution is -2.26. The molecule has 5 heteroatoms. The van der Waals surface area contributed by atoms with E-state index in [9.17, 15) is 9.59 Å². The number of aromatic nitrogens is 2. The maximum Gasteiger partial charge on any atom is 0.262 e. The van der Waals surface area contributed by atoms with Crippen LogP contribution in [0.3, 0.4) is 0 Å². The smallest absolute Gasteiger partial charge is 0.262 e. The minimum Gasteiger partial charge on any atom is -0.302 e. The molecular weight excluding hydrogens is 458 g/mol. The molecule has 0 radical (unpaired) electrons. The van der Waals surface area contributed by atoms with Gasteiger partial charge in [0.15, 0.2) is 5.78 Å². The van der Waals surface area contributed by atoms with Crippen LogP contribution in [-0.2, 0) is 12.0 Å². The van der Waals surface area contributed by atoms with Crippen molar-refractivity contribution < 1.29 is 9.59 Å². The van der Waals surface area contributed by atoms with E-state index in [1.54, 1.807) is 6.92 Å². The summed E-state index contributed by atoms with van der Waals surface area (Å²) in [6, 6.07) is 20.0. The minimum absolute atomic E-state index is 0.0106. The molecule has 1 amide bonds. The zero-order valence-electron chi connectivity index (χ0n) is 22.6. The van der Waals surface area contributed by atoms with E-state index in [0.29, 0.717) is 17.7 Å². The number of fused-ring (bicyclic) bond motifs is 1. The average molecular weight is 492 g/mol. The standard InChI is InChI=1S/C32H33N3O2/c1-19-11-16-25(32(5,6)7)17-27(19)34-18-26-28(31(34)37)30(24-14-12-23(13-15-24)22(4)36)35(33-26)29-20(2)9-8-10-21(29)3/h8-17H,18H2,1-7H3. The normalized spacial score (nSPS) is 13.3. The number of anilines is 1. The average Bonchev–Trinajstić information content (AvgIpc) is 3.35. The molecule has 37 heavy (non-hydrogen) atoms. The summed E-state index contributed by atoms with van der Waals surface area (Å²) in [5, 5.41) is 5.03. The molecule has 3 aromatic carbocycles. The van der Waals surface area contributed by atoms with Crippen molar-refractivity contribution in [1.82, 2.24) is 9.78 Å². The lowest BCUT2D eigenvalue weighted by Gasteiger charge is -2.25. The van der Waals surface area contributed by atoms with Crippen LogP contribution in [0.5, 0.6) is 0 Å². The second-order valence-electron chi connectivity index (χ2n) is 11.1. The molecule has 0 bridgehead atoms. The number of carbonyl (C=O) groups excluding carboxylic acids is 2. The van der Waals surface area contributed by atoms with Gasteiger partial charge in [-0.1, -0.05) is 75.4 Å². The second-order valence-corrected chi connectivity index (χ2v) is 11.1. The summed E-state index contributed by atoms with van der Waals surface area (Å²) in [5.74, 6) is -0.0382. The van der Waals surface area contributed by atoms with Crippen LogP contribution >= 0.6 is 0 Å². The van der Waals surface area contributed by atoms with Crippen molar-refractivity contribution in [2.45, 2.75) is 60.4 Å². The minimum atomic E-state index is -0.0488. The summed E-state index contributed by atoms with van der Waals surface area (Å²) in [4.78, 5) is 27.9. The number of amides is 1. The second kappa shape index (κ2) is 8.84. The van der Waals surface area contributed by atoms with Crippen molar-refractivity contribution in [3.8, 4) is 16.9 Å². The van der Waals surface area contributed by atoms with Gasteiger partial charge in [0.05, 0.1) is 29.2 Å². The Hall–Kier alpha value is -3.99. The molecule has 0 N–H and O–H groups in total. The van der Waals surface area contributed by atoms with E-state index in [0.717, 1.165) is 45.0 Å². The zero-order chi connectivity index (χ0) is 26.6. The third-order valence-corrected chi connectivity index (χ3v) is 7.31. The molecule has 5 rings (SSSR count). The van der Waals surface area contributed by atoms with E-state index in [2.05, 4.69) is 65.0 Å². The predicted molar refractivity (Wildman–Crippen MR) is 149 cm³/mol. The summed E-state index contributed by atoms with van der Waals surface area (Å²) < 4.78 is 1.92. The number of hydrogen-bond donors (Lipinski definition) is 0. The van der Waals surface area contributed by atoms with Gasteiger partial charge in [0.1, 0.15) is 0 Å². The molecule has 1 aromatic heterocycles. The Morgan fingerprint density at radius 3 is 2.14 bits per heavy atom. The van der Waals surface area contributed by atoms with Gasteiger partial charge in [0.2, 0.25) is 0 Å². The van der Waals surface area contributed by atoms with Gasteiger partial charge in [-0.05, 0) is 61.4 Å². The third kappa shape index (κ3) is 4.18. The van der Waals surface area contributed by atoms with Gasteiger partial charge in [-0.25, -0.2) is 4.68 Å². The van der Waals surface area contributed by atoms with Crippen molar-refractivity contribution in [3.05, 3.63) is 99.7 Å². The van der Waals surface area contributed by atoms with Crippen molar-refractivity contribution in [2.24, 2.45) is 0 Å². The number of ketones is 1. The van der Waals surface area contributed by atoms with E-state index >= 15 is 0 Å². The van der Waals surface area contributed by atoms with E-state index < -0.39 is 0 Å². The lowest BCUT2D eigenvalue weighted by molar-refractivity contribution is 0.0993. The van der Waals surface area contributed by atoms with Crippen LogP contribution < -0.4 is 4.90 Å². The van der Waals surface area contributed by atoms with Crippen molar-refractivity contribution in [1.29, 1.82) is 0 Å². The Bertz CT molecular complexity index is 1530. The van der Waals surface area contributed by atoms with Crippen LogP contribution in [0.15, 0.2) is 60.7 Å². The number of nitrogens with zero attached hydrogens (tertiary/aromatic N) is 3. The number of para-hydroxylation sites is 1. The maximum atomic E-state index is 14.1. The molecule has 0 saturated heterocycles. The Morgan fingerprint density at radius 1 is 0.892 bits per heavy atom. The molecule has 0 aliphatic carbocycles. The number of Topliss-reactive ketones (excluding diaryl/α,β-unsaturated/α-hetero) is 1. The van der Waals surface area contributed by atoms with Crippen LogP contribution in [0.25, 0.3) is 16.9 Å². The van der Waals surface area contributed by atoms with Gasteiger partial charge < -0.3 is 4.90 Å². The highest BCUT2D eigenvalue weighted by Crippen LogP contribution is 2.39. The van der Waals surface area contributed by atoms with E-state index in [-0.39, 0.29) is 17.1 Å². The molecule has 188 valence electrons. The monoisotopic (exact) mass is 491 g/mol. The first kappa shape index (κ1) is 24.7. The summed E-state index contributed by atoms with van der Waals surface area (Å²) in [5.41, 5.74) is 9.93. The highest BCUT2D eigenvalue weighted by atomic mass is 16.2. The lowest BCUT2D eigenvalue weighted by atomic mass is 9.86. The molecule has 1 aliphatic rings. The van der Waals surface area contributed by atoms with Crippen molar-refractivity contribution >= 4 is 17.4 Å². The fraction of sp³-hybridized carbons (Fsp3) is 0.281. The van der Waals surface area contributed by atoms with Crippen LogP contribution in [0.1, 0.15) is 76.4 Å². The van der Waals surface area contributed by atoms with Crippen LogP contribution in [0.4, 0.5) is 5.69 Å². The first-order chi connectivity index (χ1) is 17.5. The van der Waals surface area contributed by atoms with Gasteiger partial charge in [-0.15, -0.1) is 0 Å². The summed E-state index contributed by atoms with van der Waals surface area (Å²) in [6.07, 6.45) is 0. The van der Waals surface area contributed by atoms with Crippen LogP contribution in [0.2, 0.25) is 0 Å². The summed E-state index contributed by atoms with van der Waals surface area (Å²) >= 11 is 0. The van der Waals surface area contributed by atoms with E-state index in [1.807, 2.05) is 46.8 Å². The number of hydrogen-bond acceptors (Lipinski definition) is 3. The number of aryl methyl sites for hydroxylation is 3. The highest BCUT2D eigenvalue weighted by Gasteiger charge is 2.37. The molecule has 2 heterocycles. The quantitative estimate of drug-likeness (QED) is 0.286. The molecule has 0 atom stereocenters. The fourth-order valence-electron chi connectivity index (χ4n) is 5.15. The molecule has 4 aromatic rings. The van der Waals surface area contributed by atoms with E-state index in [1.165, 1.54) is 5.56 Å². The van der Waals surface area contributed by atoms with Crippen LogP contribution in [0, 0.1) is 20.8 Å². The van der Waals surface area contributed by atoms with E-state index in [4.69, 9.17) is 5.10 Å². The third-order valence-electron chi connectivity index (χ3n) is 7.31. The Kier molecular flexibility index (Phi) is 5.90. The molecule has 0 spiro atoms. The van der Waals surface area contributed by atoms with Gasteiger partial charge in [0, 0.05) is 16.8 Å². The Morgan fingerprint density at radius 2 is 1.54 bits per heavy atom. The van der Waals surface area contributed by atoms with Gasteiger partial charge in [-0.2, -0.15) is 5.10 Å². The number of carbonyl (C=O) groups is 2. The first-order valence-corrected chi connectivity index (χ1v) is 12.7. The molecule has 1 aliphatic heterocycles. The number of benzene rings is 3. The van der Waals surface area contributed by atoms with Crippen LogP contribution in [-0.4, -0.2) is 21.5 Å². The number of rotatable bonds is 4. The summed E-state index contributed by atoms with van der Waals surface area (Å²) in [6.45, 7) is 14.7. The molecular formula is C32H33N3O2. The molecule has 0 fully saturated rings. The van der Waals surface area contributed by atoms with Gasteiger partial charge >= 0.3 is 0 Å². The Labute approximate surface area is 218 Å². The SMILES string of the molecule is CC(=O)c1ccc(-c2c3c(nn2-c2c(C)cccc2C)CN(c2cc(C(C)(C)C)ccc2C)C3=O)cc1.